The number of rotatable bonds is 5. The fourth-order valence-corrected chi connectivity index (χ4v) is 4.00. The van der Waals surface area contributed by atoms with Gasteiger partial charge >= 0.3 is 5.97 Å². The van der Waals surface area contributed by atoms with Gasteiger partial charge in [-0.15, -0.1) is 11.8 Å². The van der Waals surface area contributed by atoms with Crippen LogP contribution in [0.3, 0.4) is 0 Å². The molecule has 3 aromatic rings. The van der Waals surface area contributed by atoms with Gasteiger partial charge in [0.2, 0.25) is 0 Å². The lowest BCUT2D eigenvalue weighted by molar-refractivity contribution is -0.145. The third-order valence-electron chi connectivity index (χ3n) is 4.16. The molecule has 0 unspecified atom stereocenters. The Morgan fingerprint density at radius 2 is 1.93 bits per heavy atom. The summed E-state index contributed by atoms with van der Waals surface area (Å²) in [5.41, 5.74) is 3.49. The minimum absolute atomic E-state index is 0.240. The zero-order chi connectivity index (χ0) is 19.4. The maximum absolute atomic E-state index is 12.4. The first-order chi connectivity index (χ1) is 13.0. The first-order valence-corrected chi connectivity index (χ1v) is 9.50. The van der Waals surface area contributed by atoms with Gasteiger partial charge in [0.25, 0.3) is 0 Å². The third kappa shape index (κ3) is 3.96. The van der Waals surface area contributed by atoms with E-state index in [1.165, 1.54) is 11.8 Å². The minimum atomic E-state index is -0.725. The van der Waals surface area contributed by atoms with Crippen LogP contribution >= 0.6 is 11.8 Å². The Hall–Kier alpha value is -2.84. The van der Waals surface area contributed by atoms with Crippen molar-refractivity contribution in [3.05, 3.63) is 66.1 Å². The molecule has 136 valence electrons. The Morgan fingerprint density at radius 1 is 1.19 bits per heavy atom. The van der Waals surface area contributed by atoms with E-state index in [9.17, 15) is 4.79 Å². The van der Waals surface area contributed by atoms with E-state index >= 15 is 0 Å². The standard InChI is InChI=1S/C22H20N2O2S/c1-5-26-21(25)22(2,3)27-19-13-12-18-17(7-6-14-24-18)20(19)15-8-10-16(23-4)11-9-15/h6-14H,5H2,1-3H3. The molecule has 27 heavy (non-hydrogen) atoms. The molecule has 0 radical (unpaired) electrons. The highest BCUT2D eigenvalue weighted by Crippen LogP contribution is 2.43. The molecule has 2 aromatic carbocycles. The van der Waals surface area contributed by atoms with E-state index in [-0.39, 0.29) is 5.97 Å². The number of benzene rings is 2. The second-order valence-corrected chi connectivity index (χ2v) is 8.16. The van der Waals surface area contributed by atoms with Crippen LogP contribution in [-0.4, -0.2) is 22.3 Å². The van der Waals surface area contributed by atoms with Crippen LogP contribution in [0.15, 0.2) is 59.6 Å². The molecule has 0 bridgehead atoms. The highest BCUT2D eigenvalue weighted by Gasteiger charge is 2.31. The zero-order valence-electron chi connectivity index (χ0n) is 15.5. The average molecular weight is 376 g/mol. The summed E-state index contributed by atoms with van der Waals surface area (Å²) in [6.07, 6.45) is 1.77. The fourth-order valence-electron chi connectivity index (χ4n) is 2.84. The molecule has 0 aliphatic rings. The molecule has 4 nitrogen and oxygen atoms in total. The summed E-state index contributed by atoms with van der Waals surface area (Å²) in [6.45, 7) is 13.1. The SMILES string of the molecule is [C-]#[N+]c1ccc(-c2c(SC(C)(C)C(=O)OCC)ccc3ncccc23)cc1. The summed E-state index contributed by atoms with van der Waals surface area (Å²) in [5.74, 6) is -0.240. The van der Waals surface area contributed by atoms with Gasteiger partial charge in [-0.1, -0.05) is 30.3 Å². The lowest BCUT2D eigenvalue weighted by Gasteiger charge is -2.23. The van der Waals surface area contributed by atoms with Crippen molar-refractivity contribution in [1.82, 2.24) is 4.98 Å². The van der Waals surface area contributed by atoms with Crippen molar-refractivity contribution >= 4 is 34.3 Å². The van der Waals surface area contributed by atoms with Crippen molar-refractivity contribution in [2.24, 2.45) is 0 Å². The molecule has 5 heteroatoms. The quantitative estimate of drug-likeness (QED) is 0.316. The number of thioether (sulfide) groups is 1. The van der Waals surface area contributed by atoms with Crippen LogP contribution in [0.25, 0.3) is 26.9 Å². The molecular weight excluding hydrogens is 356 g/mol. The molecule has 0 fully saturated rings. The first kappa shape index (κ1) is 18.9. The van der Waals surface area contributed by atoms with Gasteiger partial charge in [-0.3, -0.25) is 9.78 Å². The van der Waals surface area contributed by atoms with Gasteiger partial charge in [0, 0.05) is 22.0 Å². The lowest BCUT2D eigenvalue weighted by atomic mass is 10.0. The number of aromatic nitrogens is 1. The van der Waals surface area contributed by atoms with E-state index in [2.05, 4.69) is 9.83 Å². The number of pyridine rings is 1. The van der Waals surface area contributed by atoms with Gasteiger partial charge < -0.3 is 4.74 Å². The normalized spacial score (nSPS) is 11.2. The van der Waals surface area contributed by atoms with E-state index in [1.54, 1.807) is 6.20 Å². The Labute approximate surface area is 163 Å². The first-order valence-electron chi connectivity index (χ1n) is 8.68. The van der Waals surface area contributed by atoms with Crippen LogP contribution in [0.2, 0.25) is 0 Å². The molecule has 0 saturated carbocycles. The van der Waals surface area contributed by atoms with Gasteiger partial charge in [0.15, 0.2) is 5.69 Å². The Balaban J connectivity index is 2.15. The van der Waals surface area contributed by atoms with Gasteiger partial charge in [-0.05, 0) is 44.5 Å². The smallest absolute Gasteiger partial charge is 0.321 e. The van der Waals surface area contributed by atoms with Crippen LogP contribution in [0.5, 0.6) is 0 Å². The Morgan fingerprint density at radius 3 is 2.59 bits per heavy atom. The number of nitrogens with zero attached hydrogens (tertiary/aromatic N) is 2. The topological polar surface area (TPSA) is 43.5 Å². The summed E-state index contributed by atoms with van der Waals surface area (Å²) in [4.78, 5) is 21.3. The van der Waals surface area contributed by atoms with E-state index in [4.69, 9.17) is 11.3 Å². The van der Waals surface area contributed by atoms with Crippen molar-refractivity contribution < 1.29 is 9.53 Å². The largest absolute Gasteiger partial charge is 0.465 e. The number of esters is 1. The predicted octanol–water partition coefficient (Wildman–Crippen LogP) is 5.89. The molecule has 0 spiro atoms. The Kier molecular flexibility index (Phi) is 5.48. The molecule has 0 amide bonds. The van der Waals surface area contributed by atoms with Gasteiger partial charge in [-0.2, -0.15) is 0 Å². The molecule has 3 rings (SSSR count). The zero-order valence-corrected chi connectivity index (χ0v) is 16.3. The molecule has 0 aliphatic heterocycles. The number of hydrogen-bond acceptors (Lipinski definition) is 4. The van der Waals surface area contributed by atoms with E-state index in [0.29, 0.717) is 12.3 Å². The number of fused-ring (bicyclic) bond motifs is 1. The number of carbonyl (C=O) groups is 1. The van der Waals surface area contributed by atoms with Crippen molar-refractivity contribution in [2.45, 2.75) is 30.4 Å². The van der Waals surface area contributed by atoms with Crippen LogP contribution in [0.1, 0.15) is 20.8 Å². The summed E-state index contributed by atoms with van der Waals surface area (Å²) in [6, 6.07) is 15.4. The van der Waals surface area contributed by atoms with Gasteiger partial charge in [0.05, 0.1) is 18.7 Å². The minimum Gasteiger partial charge on any atom is -0.465 e. The lowest BCUT2D eigenvalue weighted by Crippen LogP contribution is -2.30. The number of carbonyl (C=O) groups excluding carboxylic acids is 1. The van der Waals surface area contributed by atoms with Gasteiger partial charge in [0.1, 0.15) is 4.75 Å². The van der Waals surface area contributed by atoms with E-state index in [1.807, 2.05) is 69.3 Å². The van der Waals surface area contributed by atoms with E-state index < -0.39 is 4.75 Å². The Bertz CT molecular complexity index is 1020. The van der Waals surface area contributed by atoms with Crippen LogP contribution in [-0.2, 0) is 9.53 Å². The second-order valence-electron chi connectivity index (χ2n) is 6.50. The third-order valence-corrected chi connectivity index (χ3v) is 5.40. The number of hydrogen-bond donors (Lipinski definition) is 0. The molecule has 0 N–H and O–H groups in total. The van der Waals surface area contributed by atoms with Crippen molar-refractivity contribution in [1.29, 1.82) is 0 Å². The van der Waals surface area contributed by atoms with Crippen LogP contribution in [0.4, 0.5) is 5.69 Å². The van der Waals surface area contributed by atoms with Crippen molar-refractivity contribution in [3.8, 4) is 11.1 Å². The molecular formula is C22H20N2O2S. The second kappa shape index (κ2) is 7.81. The number of ether oxygens (including phenoxy) is 1. The molecule has 0 aliphatic carbocycles. The molecule has 1 aromatic heterocycles. The van der Waals surface area contributed by atoms with Crippen LogP contribution in [0, 0.1) is 6.57 Å². The van der Waals surface area contributed by atoms with Gasteiger partial charge in [-0.25, -0.2) is 4.85 Å². The molecule has 0 atom stereocenters. The molecule has 1 heterocycles. The molecule has 0 saturated heterocycles. The summed E-state index contributed by atoms with van der Waals surface area (Å²) < 4.78 is 4.51. The highest BCUT2D eigenvalue weighted by atomic mass is 32.2. The summed E-state index contributed by atoms with van der Waals surface area (Å²) >= 11 is 1.48. The van der Waals surface area contributed by atoms with Crippen molar-refractivity contribution in [3.63, 3.8) is 0 Å². The van der Waals surface area contributed by atoms with Crippen LogP contribution < -0.4 is 0 Å². The van der Waals surface area contributed by atoms with E-state index in [0.717, 1.165) is 26.9 Å². The fraction of sp³-hybridized carbons (Fsp3) is 0.227. The summed E-state index contributed by atoms with van der Waals surface area (Å²) in [7, 11) is 0. The van der Waals surface area contributed by atoms with Crippen molar-refractivity contribution in [2.75, 3.05) is 6.61 Å². The average Bonchev–Trinajstić information content (AvgIpc) is 2.68. The highest BCUT2D eigenvalue weighted by molar-refractivity contribution is 8.01. The summed E-state index contributed by atoms with van der Waals surface area (Å²) in [5, 5.41) is 1.01. The predicted molar refractivity (Wildman–Crippen MR) is 110 cm³/mol. The monoisotopic (exact) mass is 376 g/mol. The maximum atomic E-state index is 12.4. The maximum Gasteiger partial charge on any atom is 0.321 e.